The van der Waals surface area contributed by atoms with Crippen LogP contribution in [0.3, 0.4) is 0 Å². The van der Waals surface area contributed by atoms with Crippen LogP contribution in [-0.2, 0) is 4.79 Å². The molecule has 0 aliphatic carbocycles. The summed E-state index contributed by atoms with van der Waals surface area (Å²) in [5, 5.41) is 3.26. The first-order chi connectivity index (χ1) is 7.07. The molecule has 1 heterocycles. The Morgan fingerprint density at radius 3 is 2.53 bits per heavy atom. The van der Waals surface area contributed by atoms with E-state index in [2.05, 4.69) is 26.1 Å². The minimum Gasteiger partial charge on any atom is -0.323 e. The van der Waals surface area contributed by atoms with Crippen molar-refractivity contribution in [3.05, 3.63) is 0 Å². The number of carbonyl (C=O) groups is 1. The zero-order valence-electron chi connectivity index (χ0n) is 10.4. The van der Waals surface area contributed by atoms with Crippen LogP contribution in [0.4, 0.5) is 0 Å². The van der Waals surface area contributed by atoms with Crippen molar-refractivity contribution in [2.75, 3.05) is 0 Å². The quantitative estimate of drug-likeness (QED) is 0.708. The number of carbonyl (C=O) groups excluding carboxylic acids is 1. The van der Waals surface area contributed by atoms with Crippen molar-refractivity contribution in [1.29, 1.82) is 0 Å². The lowest BCUT2D eigenvalue weighted by atomic mass is 10.1. The lowest BCUT2D eigenvalue weighted by Crippen LogP contribution is -2.41. The van der Waals surface area contributed by atoms with Gasteiger partial charge in [-0.05, 0) is 27.2 Å². The van der Waals surface area contributed by atoms with Gasteiger partial charge in [-0.15, -0.1) is 0 Å². The van der Waals surface area contributed by atoms with Crippen molar-refractivity contribution in [1.82, 2.24) is 10.2 Å². The van der Waals surface area contributed by atoms with Crippen LogP contribution in [0.15, 0.2) is 0 Å². The topological polar surface area (TPSA) is 32.3 Å². The molecular formula is C12H24N2O. The molecule has 0 aromatic rings. The highest BCUT2D eigenvalue weighted by Gasteiger charge is 2.35. The van der Waals surface area contributed by atoms with Gasteiger partial charge in [0.1, 0.15) is 0 Å². The molecule has 1 amide bonds. The summed E-state index contributed by atoms with van der Waals surface area (Å²) in [5.41, 5.74) is 0. The van der Waals surface area contributed by atoms with Crippen LogP contribution in [0.25, 0.3) is 0 Å². The summed E-state index contributed by atoms with van der Waals surface area (Å²) < 4.78 is 0. The fourth-order valence-corrected chi connectivity index (χ4v) is 2.36. The Labute approximate surface area is 93.2 Å². The van der Waals surface area contributed by atoms with Crippen LogP contribution < -0.4 is 5.32 Å². The summed E-state index contributed by atoms with van der Waals surface area (Å²) in [4.78, 5) is 13.9. The smallest absolute Gasteiger partial charge is 0.240 e. The van der Waals surface area contributed by atoms with Crippen LogP contribution in [-0.4, -0.2) is 29.1 Å². The van der Waals surface area contributed by atoms with E-state index in [0.717, 1.165) is 6.42 Å². The molecule has 0 saturated carbocycles. The summed E-state index contributed by atoms with van der Waals surface area (Å²) in [5.74, 6) is 0.256. The van der Waals surface area contributed by atoms with Crippen molar-refractivity contribution in [2.24, 2.45) is 0 Å². The average molecular weight is 212 g/mol. The van der Waals surface area contributed by atoms with Gasteiger partial charge in [-0.1, -0.05) is 26.2 Å². The molecule has 1 fully saturated rings. The van der Waals surface area contributed by atoms with E-state index in [9.17, 15) is 4.79 Å². The lowest BCUT2D eigenvalue weighted by Gasteiger charge is -2.28. The molecule has 0 radical (unpaired) electrons. The van der Waals surface area contributed by atoms with Crippen molar-refractivity contribution < 1.29 is 4.79 Å². The van der Waals surface area contributed by atoms with Gasteiger partial charge in [-0.3, -0.25) is 10.1 Å². The Kier molecular flexibility index (Phi) is 4.58. The summed E-state index contributed by atoms with van der Waals surface area (Å²) >= 11 is 0. The average Bonchev–Trinajstić information content (AvgIpc) is 2.41. The van der Waals surface area contributed by atoms with Crippen molar-refractivity contribution in [2.45, 2.75) is 71.6 Å². The zero-order chi connectivity index (χ0) is 11.4. The second-order valence-electron chi connectivity index (χ2n) is 4.65. The molecule has 3 nitrogen and oxygen atoms in total. The van der Waals surface area contributed by atoms with Gasteiger partial charge in [0.05, 0.1) is 12.2 Å². The SMILES string of the molecule is CCCCCC(C)N1C(=O)C(C)NC1C. The monoisotopic (exact) mass is 212 g/mol. The Balaban J connectivity index is 2.44. The van der Waals surface area contributed by atoms with Gasteiger partial charge in [-0.25, -0.2) is 0 Å². The van der Waals surface area contributed by atoms with E-state index < -0.39 is 0 Å². The van der Waals surface area contributed by atoms with Gasteiger partial charge in [0.2, 0.25) is 5.91 Å². The Hall–Kier alpha value is -0.570. The van der Waals surface area contributed by atoms with E-state index in [-0.39, 0.29) is 18.1 Å². The normalized spacial score (nSPS) is 28.5. The van der Waals surface area contributed by atoms with Crippen LogP contribution in [0, 0.1) is 0 Å². The standard InChI is InChI=1S/C12H24N2O/c1-5-6-7-8-9(2)14-11(4)13-10(3)12(14)15/h9-11,13H,5-8H2,1-4H3. The zero-order valence-corrected chi connectivity index (χ0v) is 10.4. The van der Waals surface area contributed by atoms with Crippen molar-refractivity contribution in [3.63, 3.8) is 0 Å². The number of rotatable bonds is 5. The van der Waals surface area contributed by atoms with Crippen LogP contribution in [0.2, 0.25) is 0 Å². The summed E-state index contributed by atoms with van der Waals surface area (Å²) in [6.07, 6.45) is 5.05. The largest absolute Gasteiger partial charge is 0.323 e. The number of amides is 1. The molecule has 1 aliphatic heterocycles. The van der Waals surface area contributed by atoms with Crippen LogP contribution >= 0.6 is 0 Å². The Morgan fingerprint density at radius 1 is 1.40 bits per heavy atom. The second-order valence-corrected chi connectivity index (χ2v) is 4.65. The third-order valence-electron chi connectivity index (χ3n) is 3.23. The summed E-state index contributed by atoms with van der Waals surface area (Å²) in [7, 11) is 0. The maximum Gasteiger partial charge on any atom is 0.240 e. The Bertz CT molecular complexity index is 218. The van der Waals surface area contributed by atoms with E-state index >= 15 is 0 Å². The Morgan fingerprint density at radius 2 is 2.07 bits per heavy atom. The maximum atomic E-state index is 11.9. The predicted molar refractivity (Wildman–Crippen MR) is 62.5 cm³/mol. The third kappa shape index (κ3) is 2.94. The minimum atomic E-state index is -0.00590. The number of hydrogen-bond donors (Lipinski definition) is 1. The summed E-state index contributed by atoms with van der Waals surface area (Å²) in [6, 6.07) is 0.366. The molecule has 3 unspecified atom stereocenters. The molecular weight excluding hydrogens is 188 g/mol. The maximum absolute atomic E-state index is 11.9. The number of nitrogens with zero attached hydrogens (tertiary/aromatic N) is 1. The fourth-order valence-electron chi connectivity index (χ4n) is 2.36. The molecule has 3 atom stereocenters. The molecule has 3 heteroatoms. The van der Waals surface area contributed by atoms with Crippen LogP contribution in [0.1, 0.15) is 53.4 Å². The van der Waals surface area contributed by atoms with E-state index in [1.807, 2.05) is 11.8 Å². The van der Waals surface area contributed by atoms with Gasteiger partial charge in [0.15, 0.2) is 0 Å². The summed E-state index contributed by atoms with van der Waals surface area (Å²) in [6.45, 7) is 8.37. The van der Waals surface area contributed by atoms with Crippen LogP contribution in [0.5, 0.6) is 0 Å². The first-order valence-electron chi connectivity index (χ1n) is 6.16. The first-order valence-corrected chi connectivity index (χ1v) is 6.16. The molecule has 15 heavy (non-hydrogen) atoms. The fraction of sp³-hybridized carbons (Fsp3) is 0.917. The predicted octanol–water partition coefficient (Wildman–Crippen LogP) is 2.12. The molecule has 1 aliphatic rings. The molecule has 0 aromatic heterocycles. The highest BCUT2D eigenvalue weighted by Crippen LogP contribution is 2.18. The van der Waals surface area contributed by atoms with Gasteiger partial charge in [0.25, 0.3) is 0 Å². The van der Waals surface area contributed by atoms with Crippen molar-refractivity contribution in [3.8, 4) is 0 Å². The minimum absolute atomic E-state index is 0.00590. The molecule has 0 aromatic carbocycles. The second kappa shape index (κ2) is 5.50. The third-order valence-corrected chi connectivity index (χ3v) is 3.23. The molecule has 0 bridgehead atoms. The van der Waals surface area contributed by atoms with Gasteiger partial charge < -0.3 is 4.90 Å². The molecule has 0 spiro atoms. The highest BCUT2D eigenvalue weighted by molar-refractivity contribution is 5.84. The van der Waals surface area contributed by atoms with Crippen molar-refractivity contribution >= 4 is 5.91 Å². The van der Waals surface area contributed by atoms with Gasteiger partial charge in [-0.2, -0.15) is 0 Å². The highest BCUT2D eigenvalue weighted by atomic mass is 16.2. The number of unbranched alkanes of at least 4 members (excludes halogenated alkanes) is 2. The van der Waals surface area contributed by atoms with E-state index in [1.165, 1.54) is 19.3 Å². The van der Waals surface area contributed by atoms with E-state index in [4.69, 9.17) is 0 Å². The van der Waals surface area contributed by atoms with Gasteiger partial charge in [0, 0.05) is 6.04 Å². The molecule has 1 N–H and O–H groups in total. The first kappa shape index (κ1) is 12.5. The number of hydrogen-bond acceptors (Lipinski definition) is 2. The van der Waals surface area contributed by atoms with E-state index in [0.29, 0.717) is 6.04 Å². The lowest BCUT2D eigenvalue weighted by molar-refractivity contribution is -0.131. The molecule has 88 valence electrons. The molecule has 1 saturated heterocycles. The van der Waals surface area contributed by atoms with Gasteiger partial charge >= 0.3 is 0 Å². The van der Waals surface area contributed by atoms with E-state index in [1.54, 1.807) is 0 Å². The number of nitrogens with one attached hydrogen (secondary N) is 1. The molecule has 1 rings (SSSR count).